The van der Waals surface area contributed by atoms with E-state index in [0.717, 1.165) is 71.3 Å². The molecule has 9 heteroatoms. The minimum atomic E-state index is 0.185. The largest absolute Gasteiger partial charge is 0.497 e. The Kier molecular flexibility index (Phi) is 12.2. The molecule has 0 saturated heterocycles. The van der Waals surface area contributed by atoms with Crippen LogP contribution in [-0.4, -0.2) is 62.7 Å². The van der Waals surface area contributed by atoms with Gasteiger partial charge >= 0.3 is 0 Å². The summed E-state index contributed by atoms with van der Waals surface area (Å²) in [6.45, 7) is 5.69. The first-order valence-electron chi connectivity index (χ1n) is 15.9. The summed E-state index contributed by atoms with van der Waals surface area (Å²) in [5.41, 5.74) is 9.11. The van der Waals surface area contributed by atoms with E-state index in [1.54, 1.807) is 54.0 Å². The van der Waals surface area contributed by atoms with Crippen molar-refractivity contribution in [2.24, 2.45) is 0 Å². The van der Waals surface area contributed by atoms with E-state index in [4.69, 9.17) is 37.9 Å². The van der Waals surface area contributed by atoms with Crippen molar-refractivity contribution in [2.75, 3.05) is 62.7 Å². The molecule has 258 valence electrons. The molecule has 4 aromatic carbocycles. The first-order valence-corrected chi connectivity index (χ1v) is 16.7. The van der Waals surface area contributed by atoms with E-state index in [1.165, 1.54) is 0 Å². The van der Waals surface area contributed by atoms with Crippen LogP contribution in [0.15, 0.2) is 72.8 Å². The molecule has 0 saturated carbocycles. The van der Waals surface area contributed by atoms with Crippen LogP contribution in [0.3, 0.4) is 0 Å². The standard InChI is InChI=1S/C40H44O8S/c1-25-9-16-35(48-18-17-41-3)34(19-25)33-20-27(10-11-28(33)23-47-24-42-4)40-39(32-15-13-30(44-6)22-37(32)46-8)38(26(2)49-40)31-14-12-29(43-5)21-36(31)45-7/h9-16,19-22H,17-18,23-24H2,1-8H3. The Morgan fingerprint density at radius 3 is 1.84 bits per heavy atom. The number of rotatable bonds is 16. The monoisotopic (exact) mass is 684 g/mol. The van der Waals surface area contributed by atoms with Crippen LogP contribution in [-0.2, 0) is 20.8 Å². The molecule has 0 unspecified atom stereocenters. The summed E-state index contributed by atoms with van der Waals surface area (Å²) in [4.78, 5) is 2.20. The smallest absolute Gasteiger partial charge is 0.146 e. The Hall–Kier alpha value is -4.54. The Morgan fingerprint density at radius 1 is 0.551 bits per heavy atom. The molecule has 5 aromatic rings. The van der Waals surface area contributed by atoms with E-state index in [0.29, 0.717) is 37.1 Å². The zero-order valence-electron chi connectivity index (χ0n) is 29.4. The quantitative estimate of drug-likeness (QED) is 0.0753. The van der Waals surface area contributed by atoms with E-state index in [-0.39, 0.29) is 6.79 Å². The molecule has 1 heterocycles. The summed E-state index contributed by atoms with van der Waals surface area (Å²) in [6.07, 6.45) is 0. The Bertz CT molecular complexity index is 1880. The molecule has 0 N–H and O–H groups in total. The predicted molar refractivity (Wildman–Crippen MR) is 196 cm³/mol. The van der Waals surface area contributed by atoms with Crippen LogP contribution in [0.5, 0.6) is 28.7 Å². The highest BCUT2D eigenvalue weighted by Crippen LogP contribution is 2.53. The van der Waals surface area contributed by atoms with Crippen LogP contribution in [0.4, 0.5) is 0 Å². The van der Waals surface area contributed by atoms with Gasteiger partial charge in [-0.15, -0.1) is 11.3 Å². The first kappa shape index (κ1) is 35.8. The number of benzene rings is 4. The lowest BCUT2D eigenvalue weighted by molar-refractivity contribution is -0.0389. The minimum absolute atomic E-state index is 0.185. The van der Waals surface area contributed by atoms with Crippen LogP contribution >= 0.6 is 11.3 Å². The fraction of sp³-hybridized carbons (Fsp3) is 0.300. The summed E-state index contributed by atoms with van der Waals surface area (Å²) in [5, 5.41) is 0. The second-order valence-corrected chi connectivity index (χ2v) is 12.6. The summed E-state index contributed by atoms with van der Waals surface area (Å²) in [7, 11) is 9.96. The molecule has 0 fully saturated rings. The maximum Gasteiger partial charge on any atom is 0.146 e. The molecule has 0 aliphatic heterocycles. The number of methoxy groups -OCH3 is 6. The molecule has 0 atom stereocenters. The summed E-state index contributed by atoms with van der Waals surface area (Å²) >= 11 is 1.72. The van der Waals surface area contributed by atoms with Crippen LogP contribution in [0.1, 0.15) is 16.0 Å². The third-order valence-electron chi connectivity index (χ3n) is 8.24. The van der Waals surface area contributed by atoms with Gasteiger partial charge in [0.05, 0.1) is 41.7 Å². The molecule has 0 spiro atoms. The van der Waals surface area contributed by atoms with Crippen molar-refractivity contribution in [2.45, 2.75) is 20.5 Å². The fourth-order valence-corrected chi connectivity index (χ4v) is 7.06. The molecule has 0 radical (unpaired) electrons. The zero-order chi connectivity index (χ0) is 34.9. The molecule has 0 aliphatic rings. The number of ether oxygens (including phenoxy) is 8. The van der Waals surface area contributed by atoms with Gasteiger partial charge in [-0.05, 0) is 73.0 Å². The Labute approximate surface area is 293 Å². The molecule has 0 aliphatic carbocycles. The fourth-order valence-electron chi connectivity index (χ4n) is 5.88. The van der Waals surface area contributed by atoms with E-state index < -0.39 is 0 Å². The van der Waals surface area contributed by atoms with Gasteiger partial charge in [-0.1, -0.05) is 23.8 Å². The normalized spacial score (nSPS) is 11.0. The van der Waals surface area contributed by atoms with Crippen molar-refractivity contribution >= 4 is 11.3 Å². The summed E-state index contributed by atoms with van der Waals surface area (Å²) in [5.74, 6) is 3.61. The van der Waals surface area contributed by atoms with Crippen LogP contribution < -0.4 is 23.7 Å². The van der Waals surface area contributed by atoms with Gasteiger partial charge in [-0.2, -0.15) is 0 Å². The van der Waals surface area contributed by atoms with E-state index in [1.807, 2.05) is 36.4 Å². The van der Waals surface area contributed by atoms with Gasteiger partial charge in [0.25, 0.3) is 0 Å². The van der Waals surface area contributed by atoms with Crippen LogP contribution in [0.25, 0.3) is 43.8 Å². The van der Waals surface area contributed by atoms with Crippen molar-refractivity contribution in [1.29, 1.82) is 0 Å². The average molecular weight is 685 g/mol. The van der Waals surface area contributed by atoms with Crippen molar-refractivity contribution < 1.29 is 37.9 Å². The van der Waals surface area contributed by atoms with E-state index >= 15 is 0 Å². The van der Waals surface area contributed by atoms with Gasteiger partial charge in [0, 0.05) is 63.9 Å². The molecular weight excluding hydrogens is 640 g/mol. The van der Waals surface area contributed by atoms with Gasteiger partial charge < -0.3 is 37.9 Å². The molecular formula is C40H44O8S. The summed E-state index contributed by atoms with van der Waals surface area (Å²) < 4.78 is 45.6. The molecule has 8 nitrogen and oxygen atoms in total. The third-order valence-corrected chi connectivity index (χ3v) is 9.40. The highest BCUT2D eigenvalue weighted by molar-refractivity contribution is 7.16. The van der Waals surface area contributed by atoms with Gasteiger partial charge in [-0.25, -0.2) is 0 Å². The second-order valence-electron chi connectivity index (χ2n) is 11.3. The van der Waals surface area contributed by atoms with E-state index in [9.17, 15) is 0 Å². The molecule has 49 heavy (non-hydrogen) atoms. The molecule has 5 rings (SSSR count). The topological polar surface area (TPSA) is 73.8 Å². The maximum atomic E-state index is 6.24. The first-order chi connectivity index (χ1) is 23.9. The predicted octanol–water partition coefficient (Wildman–Crippen LogP) is 9.21. The second kappa shape index (κ2) is 16.7. The molecule has 0 bridgehead atoms. The lowest BCUT2D eigenvalue weighted by Crippen LogP contribution is -2.06. The number of hydrogen-bond acceptors (Lipinski definition) is 9. The van der Waals surface area contributed by atoms with E-state index in [2.05, 4.69) is 50.2 Å². The number of thiophene rings is 1. The van der Waals surface area contributed by atoms with Crippen molar-refractivity contribution in [1.82, 2.24) is 0 Å². The molecule has 1 aromatic heterocycles. The SMILES string of the molecule is COCCOc1ccc(C)cc1-c1cc(-c2sc(C)c(-c3ccc(OC)cc3OC)c2-c2ccc(OC)cc2OC)ccc1COCOC. The highest BCUT2D eigenvalue weighted by atomic mass is 32.1. The van der Waals surface area contributed by atoms with Crippen LogP contribution in [0, 0.1) is 13.8 Å². The minimum Gasteiger partial charge on any atom is -0.497 e. The van der Waals surface area contributed by atoms with Crippen LogP contribution in [0.2, 0.25) is 0 Å². The third kappa shape index (κ3) is 7.86. The lowest BCUT2D eigenvalue weighted by Gasteiger charge is -2.18. The van der Waals surface area contributed by atoms with Crippen molar-refractivity contribution in [3.8, 4) is 72.6 Å². The van der Waals surface area contributed by atoms with Gasteiger partial charge in [0.1, 0.15) is 42.1 Å². The number of aryl methyl sites for hydroxylation is 2. The van der Waals surface area contributed by atoms with Crippen molar-refractivity contribution in [3.63, 3.8) is 0 Å². The maximum absolute atomic E-state index is 6.24. The van der Waals surface area contributed by atoms with Gasteiger partial charge in [0.2, 0.25) is 0 Å². The lowest BCUT2D eigenvalue weighted by atomic mass is 9.90. The van der Waals surface area contributed by atoms with Crippen molar-refractivity contribution in [3.05, 3.63) is 88.8 Å². The van der Waals surface area contributed by atoms with Gasteiger partial charge in [-0.3, -0.25) is 0 Å². The Balaban J connectivity index is 1.80. The number of hydrogen-bond donors (Lipinski definition) is 0. The summed E-state index contributed by atoms with van der Waals surface area (Å²) in [6, 6.07) is 24.6. The average Bonchev–Trinajstić information content (AvgIpc) is 3.47. The van der Waals surface area contributed by atoms with Gasteiger partial charge in [0.15, 0.2) is 0 Å². The Morgan fingerprint density at radius 2 is 1.22 bits per heavy atom. The molecule has 0 amide bonds. The zero-order valence-corrected chi connectivity index (χ0v) is 30.2. The highest BCUT2D eigenvalue weighted by Gasteiger charge is 2.26.